The first-order valence-electron chi connectivity index (χ1n) is 5.13. The average molecular weight is 225 g/mol. The van der Waals surface area contributed by atoms with E-state index in [0.717, 1.165) is 11.8 Å². The molecule has 1 rings (SSSR count). The summed E-state index contributed by atoms with van der Waals surface area (Å²) < 4.78 is 0. The molecule has 2 heteroatoms. The van der Waals surface area contributed by atoms with E-state index in [1.165, 1.54) is 5.56 Å². The SMILES string of the molecule is CC(C)(C)c1ccccc1CC(Cl)C=O. The number of rotatable bonds is 3. The van der Waals surface area contributed by atoms with E-state index in [2.05, 4.69) is 26.8 Å². The fraction of sp³-hybridized carbons (Fsp3) is 0.462. The largest absolute Gasteiger partial charge is 0.302 e. The van der Waals surface area contributed by atoms with E-state index in [4.69, 9.17) is 11.6 Å². The van der Waals surface area contributed by atoms with Crippen molar-refractivity contribution < 1.29 is 4.79 Å². The second-order valence-corrected chi connectivity index (χ2v) is 5.32. The van der Waals surface area contributed by atoms with Gasteiger partial charge in [0.1, 0.15) is 6.29 Å². The first-order chi connectivity index (χ1) is 6.95. The molecule has 0 bridgehead atoms. The topological polar surface area (TPSA) is 17.1 Å². The fourth-order valence-corrected chi connectivity index (χ4v) is 1.85. The predicted molar refractivity (Wildman–Crippen MR) is 64.6 cm³/mol. The Kier molecular flexibility index (Phi) is 3.92. The second-order valence-electron chi connectivity index (χ2n) is 4.76. The molecule has 0 fully saturated rings. The van der Waals surface area contributed by atoms with Crippen molar-refractivity contribution in [2.75, 3.05) is 0 Å². The molecule has 0 heterocycles. The van der Waals surface area contributed by atoms with Crippen LogP contribution in [-0.2, 0) is 16.6 Å². The van der Waals surface area contributed by atoms with Gasteiger partial charge in [-0.2, -0.15) is 0 Å². The molecule has 1 aromatic carbocycles. The Morgan fingerprint density at radius 2 is 1.93 bits per heavy atom. The van der Waals surface area contributed by atoms with Gasteiger partial charge >= 0.3 is 0 Å². The molecule has 0 aliphatic rings. The average Bonchev–Trinajstić information content (AvgIpc) is 2.17. The van der Waals surface area contributed by atoms with Crippen LogP contribution < -0.4 is 0 Å². The highest BCUT2D eigenvalue weighted by Gasteiger charge is 2.18. The maximum atomic E-state index is 10.5. The van der Waals surface area contributed by atoms with Crippen molar-refractivity contribution in [3.63, 3.8) is 0 Å². The Bertz CT molecular complexity index is 339. The Hall–Kier alpha value is -0.820. The van der Waals surface area contributed by atoms with Gasteiger partial charge in [0.25, 0.3) is 0 Å². The first-order valence-corrected chi connectivity index (χ1v) is 5.56. The van der Waals surface area contributed by atoms with Crippen LogP contribution >= 0.6 is 11.6 Å². The molecule has 0 aromatic heterocycles. The lowest BCUT2D eigenvalue weighted by molar-refractivity contribution is -0.107. The van der Waals surface area contributed by atoms with Crippen molar-refractivity contribution in [2.24, 2.45) is 0 Å². The first kappa shape index (κ1) is 12.3. The lowest BCUT2D eigenvalue weighted by atomic mass is 9.83. The van der Waals surface area contributed by atoms with Crippen LogP contribution in [-0.4, -0.2) is 11.7 Å². The number of carbonyl (C=O) groups excluding carboxylic acids is 1. The van der Waals surface area contributed by atoms with Gasteiger partial charge in [-0.3, -0.25) is 0 Å². The molecule has 0 aliphatic carbocycles. The predicted octanol–water partition coefficient (Wildman–Crippen LogP) is 3.33. The summed E-state index contributed by atoms with van der Waals surface area (Å²) in [5.41, 5.74) is 2.52. The van der Waals surface area contributed by atoms with Gasteiger partial charge in [-0.25, -0.2) is 0 Å². The van der Waals surface area contributed by atoms with Crippen molar-refractivity contribution in [3.8, 4) is 0 Å². The quantitative estimate of drug-likeness (QED) is 0.569. The van der Waals surface area contributed by atoms with Gasteiger partial charge < -0.3 is 4.79 Å². The van der Waals surface area contributed by atoms with E-state index in [-0.39, 0.29) is 5.41 Å². The maximum absolute atomic E-state index is 10.5. The van der Waals surface area contributed by atoms with Gasteiger partial charge in [0.05, 0.1) is 5.38 Å². The van der Waals surface area contributed by atoms with E-state index in [9.17, 15) is 4.79 Å². The number of benzene rings is 1. The zero-order valence-corrected chi connectivity index (χ0v) is 10.2. The summed E-state index contributed by atoms with van der Waals surface area (Å²) in [6.07, 6.45) is 1.40. The summed E-state index contributed by atoms with van der Waals surface area (Å²) >= 11 is 5.85. The molecule has 0 saturated heterocycles. The van der Waals surface area contributed by atoms with Crippen LogP contribution in [0.25, 0.3) is 0 Å². The number of aldehydes is 1. The van der Waals surface area contributed by atoms with Crippen LogP contribution in [0.5, 0.6) is 0 Å². The molecule has 1 unspecified atom stereocenters. The minimum absolute atomic E-state index is 0.0933. The Balaban J connectivity index is 3.02. The molecule has 82 valence electrons. The van der Waals surface area contributed by atoms with Crippen molar-refractivity contribution in [1.29, 1.82) is 0 Å². The highest BCUT2D eigenvalue weighted by Crippen LogP contribution is 2.26. The summed E-state index contributed by atoms with van der Waals surface area (Å²) in [4.78, 5) is 10.5. The molecule has 0 N–H and O–H groups in total. The van der Waals surface area contributed by atoms with Gasteiger partial charge in [0.2, 0.25) is 0 Å². The minimum atomic E-state index is -0.423. The molecule has 0 spiro atoms. The molecule has 1 aromatic rings. The molecule has 1 atom stereocenters. The molecule has 0 saturated carbocycles. The van der Waals surface area contributed by atoms with E-state index < -0.39 is 5.38 Å². The van der Waals surface area contributed by atoms with Gasteiger partial charge in [-0.15, -0.1) is 11.6 Å². The number of hydrogen-bond acceptors (Lipinski definition) is 1. The zero-order valence-electron chi connectivity index (χ0n) is 9.46. The van der Waals surface area contributed by atoms with Crippen molar-refractivity contribution in [3.05, 3.63) is 35.4 Å². The van der Waals surface area contributed by atoms with Gasteiger partial charge in [0.15, 0.2) is 0 Å². The van der Waals surface area contributed by atoms with Gasteiger partial charge in [0, 0.05) is 0 Å². The smallest absolute Gasteiger partial charge is 0.138 e. The van der Waals surface area contributed by atoms with Crippen LogP contribution in [0.15, 0.2) is 24.3 Å². The summed E-state index contributed by atoms with van der Waals surface area (Å²) in [6, 6.07) is 8.15. The maximum Gasteiger partial charge on any atom is 0.138 e. The molecule has 0 radical (unpaired) electrons. The fourth-order valence-electron chi connectivity index (χ4n) is 1.69. The lowest BCUT2D eigenvalue weighted by Gasteiger charge is -2.23. The number of hydrogen-bond donors (Lipinski definition) is 0. The lowest BCUT2D eigenvalue weighted by Crippen LogP contribution is -2.16. The minimum Gasteiger partial charge on any atom is -0.302 e. The van der Waals surface area contributed by atoms with Crippen LogP contribution in [0.2, 0.25) is 0 Å². The van der Waals surface area contributed by atoms with Crippen LogP contribution in [0.3, 0.4) is 0 Å². The van der Waals surface area contributed by atoms with Gasteiger partial charge in [-0.1, -0.05) is 45.0 Å². The van der Waals surface area contributed by atoms with Crippen LogP contribution in [0.1, 0.15) is 31.9 Å². The number of halogens is 1. The highest BCUT2D eigenvalue weighted by atomic mass is 35.5. The summed E-state index contributed by atoms with van der Waals surface area (Å²) in [5.74, 6) is 0. The Morgan fingerprint density at radius 3 is 2.47 bits per heavy atom. The molecular formula is C13H17ClO. The van der Waals surface area contributed by atoms with Crippen LogP contribution in [0.4, 0.5) is 0 Å². The standard InChI is InChI=1S/C13H17ClO/c1-13(2,3)12-7-5-4-6-10(12)8-11(14)9-15/h4-7,9,11H,8H2,1-3H3. The Labute approximate surface area is 96.5 Å². The summed E-state index contributed by atoms with van der Waals surface area (Å²) in [6.45, 7) is 6.49. The second kappa shape index (κ2) is 4.80. The molecule has 1 nitrogen and oxygen atoms in total. The number of carbonyl (C=O) groups is 1. The zero-order chi connectivity index (χ0) is 11.5. The van der Waals surface area contributed by atoms with E-state index in [1.807, 2.05) is 18.2 Å². The molecule has 0 aliphatic heterocycles. The molecular weight excluding hydrogens is 208 g/mol. The number of alkyl halides is 1. The van der Waals surface area contributed by atoms with Crippen molar-refractivity contribution in [2.45, 2.75) is 38.0 Å². The third-order valence-corrected chi connectivity index (χ3v) is 2.65. The summed E-state index contributed by atoms with van der Waals surface area (Å²) in [5, 5.41) is -0.423. The third-order valence-electron chi connectivity index (χ3n) is 2.39. The van der Waals surface area contributed by atoms with Crippen molar-refractivity contribution in [1.82, 2.24) is 0 Å². The molecule has 15 heavy (non-hydrogen) atoms. The van der Waals surface area contributed by atoms with E-state index >= 15 is 0 Å². The monoisotopic (exact) mass is 224 g/mol. The summed E-state index contributed by atoms with van der Waals surface area (Å²) in [7, 11) is 0. The van der Waals surface area contributed by atoms with Gasteiger partial charge in [-0.05, 0) is 23.0 Å². The third kappa shape index (κ3) is 3.35. The van der Waals surface area contributed by atoms with E-state index in [1.54, 1.807) is 0 Å². The normalized spacial score (nSPS) is 13.6. The van der Waals surface area contributed by atoms with E-state index in [0.29, 0.717) is 6.42 Å². The Morgan fingerprint density at radius 1 is 1.33 bits per heavy atom. The van der Waals surface area contributed by atoms with Crippen LogP contribution in [0, 0.1) is 0 Å². The molecule has 0 amide bonds. The van der Waals surface area contributed by atoms with Crippen molar-refractivity contribution >= 4 is 17.9 Å². The highest BCUT2D eigenvalue weighted by molar-refractivity contribution is 6.27.